The molecule has 0 saturated heterocycles. The quantitative estimate of drug-likeness (QED) is 0.297. The smallest absolute Gasteiger partial charge is 0.296 e. The Hall–Kier alpha value is -4.72. The lowest BCUT2D eigenvalue weighted by Gasteiger charge is -2.14. The molecule has 0 saturated carbocycles. The van der Waals surface area contributed by atoms with Crippen LogP contribution in [0.1, 0.15) is 16.7 Å². The molecule has 0 aliphatic heterocycles. The third-order valence-electron chi connectivity index (χ3n) is 5.18. The number of para-hydroxylation sites is 1. The van der Waals surface area contributed by atoms with Crippen molar-refractivity contribution in [1.82, 2.24) is 4.57 Å². The first kappa shape index (κ1) is 23.9. The summed E-state index contributed by atoms with van der Waals surface area (Å²) in [7, 11) is 3.02. The molecule has 0 bridgehead atoms. The van der Waals surface area contributed by atoms with Crippen molar-refractivity contribution < 1.29 is 19.5 Å². The van der Waals surface area contributed by atoms with Crippen molar-refractivity contribution >= 4 is 17.1 Å². The number of methoxy groups -OCH3 is 2. The highest BCUT2D eigenvalue weighted by Crippen LogP contribution is 2.31. The number of nitro benzene ring substituents is 1. The monoisotopic (exact) mass is 463 g/mol. The second kappa shape index (κ2) is 10.3. The Balaban J connectivity index is 2.02. The van der Waals surface area contributed by atoms with Crippen molar-refractivity contribution in [2.75, 3.05) is 14.2 Å². The summed E-state index contributed by atoms with van der Waals surface area (Å²) in [6, 6.07) is 12.8. The van der Waals surface area contributed by atoms with Crippen LogP contribution in [0.4, 0.5) is 17.1 Å². The molecule has 0 aliphatic carbocycles. The number of benzene rings is 2. The van der Waals surface area contributed by atoms with Crippen LogP contribution in [0.25, 0.3) is 0 Å². The van der Waals surface area contributed by atoms with E-state index in [2.05, 4.69) is 10.2 Å². The number of aryl methyl sites for hydroxylation is 1. The number of aromatic nitrogens is 1. The maximum atomic E-state index is 13.1. The van der Waals surface area contributed by atoms with Gasteiger partial charge in [0.2, 0.25) is 5.88 Å². The fourth-order valence-electron chi connectivity index (χ4n) is 3.35. The van der Waals surface area contributed by atoms with E-state index in [1.54, 1.807) is 24.3 Å². The highest BCUT2D eigenvalue weighted by molar-refractivity contribution is 5.59. The normalized spacial score (nSPS) is 10.8. The van der Waals surface area contributed by atoms with Crippen LogP contribution in [0.2, 0.25) is 0 Å². The molecule has 3 rings (SSSR count). The molecule has 0 aliphatic rings. The second-order valence-electron chi connectivity index (χ2n) is 7.13. The van der Waals surface area contributed by atoms with Crippen molar-refractivity contribution in [3.05, 3.63) is 79.6 Å². The number of ether oxygens (including phenoxy) is 2. The minimum atomic E-state index is -0.684. The Labute approximate surface area is 194 Å². The average Bonchev–Trinajstić information content (AvgIpc) is 2.84. The van der Waals surface area contributed by atoms with Gasteiger partial charge in [0.25, 0.3) is 11.2 Å². The SMILES string of the molecule is COc1ccc(CCn2c(O)c(C#N)c(C)c(N=Nc3ccccc3[N+](=O)[O-])c2=O)cc1OC. The Kier molecular flexibility index (Phi) is 7.23. The van der Waals surface area contributed by atoms with E-state index in [1.165, 1.54) is 39.3 Å². The number of hydrogen-bond acceptors (Lipinski definition) is 9. The van der Waals surface area contributed by atoms with Crippen LogP contribution in [-0.2, 0) is 13.0 Å². The molecule has 0 amide bonds. The molecule has 3 aromatic rings. The third-order valence-corrected chi connectivity index (χ3v) is 5.18. The predicted octanol–water partition coefficient (Wildman–Crippen LogP) is 4.32. The van der Waals surface area contributed by atoms with E-state index in [-0.39, 0.29) is 34.7 Å². The average molecular weight is 463 g/mol. The molecule has 34 heavy (non-hydrogen) atoms. The number of nitriles is 1. The lowest BCUT2D eigenvalue weighted by Crippen LogP contribution is -2.23. The minimum absolute atomic E-state index is 0.0309. The highest BCUT2D eigenvalue weighted by atomic mass is 16.6. The number of nitro groups is 1. The summed E-state index contributed by atoms with van der Waals surface area (Å²) in [5.74, 6) is 0.568. The lowest BCUT2D eigenvalue weighted by atomic mass is 10.1. The van der Waals surface area contributed by atoms with Crippen molar-refractivity contribution in [2.24, 2.45) is 10.2 Å². The zero-order valence-corrected chi connectivity index (χ0v) is 18.7. The summed E-state index contributed by atoms with van der Waals surface area (Å²) in [5.41, 5.74) is -0.424. The van der Waals surface area contributed by atoms with E-state index in [1.807, 2.05) is 6.07 Å². The first-order chi connectivity index (χ1) is 16.3. The highest BCUT2D eigenvalue weighted by Gasteiger charge is 2.20. The Bertz CT molecular complexity index is 1370. The zero-order chi connectivity index (χ0) is 24.8. The van der Waals surface area contributed by atoms with Crippen LogP contribution in [0.3, 0.4) is 0 Å². The molecular formula is C23H21N5O6. The second-order valence-corrected chi connectivity index (χ2v) is 7.13. The number of hydrogen-bond donors (Lipinski definition) is 1. The van der Waals surface area contributed by atoms with Gasteiger partial charge in [0.05, 0.1) is 19.1 Å². The van der Waals surface area contributed by atoms with Crippen LogP contribution in [0, 0.1) is 28.4 Å². The molecule has 11 heteroatoms. The standard InChI is InChI=1S/C23H21N5O6/c1-14-16(13-24)22(29)27(11-10-15-8-9-19(33-2)20(12-15)34-3)23(30)21(14)26-25-17-6-4-5-7-18(17)28(31)32/h4-9,12,29H,10-11H2,1-3H3. The number of pyridine rings is 1. The van der Waals surface area contributed by atoms with E-state index >= 15 is 0 Å². The number of azo groups is 1. The van der Waals surface area contributed by atoms with E-state index < -0.39 is 16.4 Å². The van der Waals surface area contributed by atoms with Gasteiger partial charge in [0.1, 0.15) is 11.6 Å². The van der Waals surface area contributed by atoms with E-state index in [9.17, 15) is 25.3 Å². The van der Waals surface area contributed by atoms with Gasteiger partial charge in [-0.3, -0.25) is 19.5 Å². The topological polar surface area (TPSA) is 152 Å². The maximum Gasteiger partial charge on any atom is 0.296 e. The summed E-state index contributed by atoms with van der Waals surface area (Å²) < 4.78 is 11.5. The Morgan fingerprint density at radius 1 is 1.15 bits per heavy atom. The summed E-state index contributed by atoms with van der Waals surface area (Å²) in [5, 5.41) is 39.1. The van der Waals surface area contributed by atoms with Gasteiger partial charge in [-0.25, -0.2) is 0 Å². The molecular weight excluding hydrogens is 442 g/mol. The van der Waals surface area contributed by atoms with Gasteiger partial charge in [-0.1, -0.05) is 18.2 Å². The fourth-order valence-corrected chi connectivity index (χ4v) is 3.35. The van der Waals surface area contributed by atoms with Gasteiger partial charge in [-0.15, -0.1) is 10.2 Å². The van der Waals surface area contributed by atoms with E-state index in [0.717, 1.165) is 10.1 Å². The minimum Gasteiger partial charge on any atom is -0.493 e. The van der Waals surface area contributed by atoms with E-state index in [4.69, 9.17) is 9.47 Å². The van der Waals surface area contributed by atoms with Gasteiger partial charge in [0.15, 0.2) is 22.9 Å². The largest absolute Gasteiger partial charge is 0.493 e. The summed E-state index contributed by atoms with van der Waals surface area (Å²) in [6.45, 7) is 1.48. The third kappa shape index (κ3) is 4.71. The van der Waals surface area contributed by atoms with Gasteiger partial charge in [-0.2, -0.15) is 5.26 Å². The molecule has 2 aromatic carbocycles. The number of aromatic hydroxyl groups is 1. The molecule has 0 fully saturated rings. The van der Waals surface area contributed by atoms with Crippen molar-refractivity contribution in [1.29, 1.82) is 5.26 Å². The predicted molar refractivity (Wildman–Crippen MR) is 122 cm³/mol. The molecule has 1 N–H and O–H groups in total. The molecule has 0 atom stereocenters. The number of nitrogens with zero attached hydrogens (tertiary/aromatic N) is 5. The molecule has 1 aromatic heterocycles. The van der Waals surface area contributed by atoms with Crippen molar-refractivity contribution in [3.8, 4) is 23.4 Å². The van der Waals surface area contributed by atoms with Crippen LogP contribution in [0.15, 0.2) is 57.5 Å². The molecule has 174 valence electrons. The van der Waals surface area contributed by atoms with Crippen LogP contribution >= 0.6 is 0 Å². The van der Waals surface area contributed by atoms with Gasteiger partial charge in [0, 0.05) is 18.2 Å². The van der Waals surface area contributed by atoms with E-state index in [0.29, 0.717) is 17.9 Å². The molecule has 11 nitrogen and oxygen atoms in total. The molecule has 0 unspecified atom stereocenters. The number of rotatable bonds is 8. The van der Waals surface area contributed by atoms with Crippen LogP contribution in [0.5, 0.6) is 17.4 Å². The summed E-state index contributed by atoms with van der Waals surface area (Å²) in [4.78, 5) is 23.7. The van der Waals surface area contributed by atoms with Crippen molar-refractivity contribution in [2.45, 2.75) is 19.9 Å². The van der Waals surface area contributed by atoms with Crippen LogP contribution < -0.4 is 15.0 Å². The molecule has 1 heterocycles. The first-order valence-corrected chi connectivity index (χ1v) is 10.0. The lowest BCUT2D eigenvalue weighted by molar-refractivity contribution is -0.384. The fraction of sp³-hybridized carbons (Fsp3) is 0.217. The molecule has 0 radical (unpaired) electrons. The van der Waals surface area contributed by atoms with Gasteiger partial charge < -0.3 is 14.6 Å². The zero-order valence-electron chi connectivity index (χ0n) is 18.7. The maximum absolute atomic E-state index is 13.1. The summed E-state index contributed by atoms with van der Waals surface area (Å²) in [6.07, 6.45) is 0.322. The van der Waals surface area contributed by atoms with Crippen molar-refractivity contribution in [3.63, 3.8) is 0 Å². The van der Waals surface area contributed by atoms with Gasteiger partial charge >= 0.3 is 0 Å². The van der Waals surface area contributed by atoms with Gasteiger partial charge in [-0.05, 0) is 37.1 Å². The van der Waals surface area contributed by atoms with Crippen LogP contribution in [-0.4, -0.2) is 28.8 Å². The summed E-state index contributed by atoms with van der Waals surface area (Å²) >= 11 is 0. The first-order valence-electron chi connectivity index (χ1n) is 10.0. The Morgan fingerprint density at radius 2 is 1.85 bits per heavy atom. The molecule has 0 spiro atoms. The Morgan fingerprint density at radius 3 is 2.50 bits per heavy atom.